The van der Waals surface area contributed by atoms with Gasteiger partial charge < -0.3 is 0 Å². The van der Waals surface area contributed by atoms with Crippen LogP contribution in [0.1, 0.15) is 62.9 Å². The maximum absolute atomic E-state index is 4.83. The third kappa shape index (κ3) is 2.15. The molecule has 0 saturated carbocycles. The predicted octanol–water partition coefficient (Wildman–Crippen LogP) is 4.77. The zero-order valence-corrected chi connectivity index (χ0v) is 14.1. The molecule has 1 aliphatic rings. The average molecular weight is 292 g/mol. The summed E-state index contributed by atoms with van der Waals surface area (Å²) < 4.78 is 0. The molecular weight excluding hydrogens is 272 g/mol. The third-order valence-electron chi connectivity index (χ3n) is 3.22. The lowest BCUT2D eigenvalue weighted by atomic mass is 9.98. The van der Waals surface area contributed by atoms with E-state index in [1.165, 1.54) is 31.2 Å². The van der Waals surface area contributed by atoms with E-state index in [0.29, 0.717) is 0 Å². The van der Waals surface area contributed by atoms with Crippen LogP contribution in [0.4, 0.5) is 0 Å². The van der Waals surface area contributed by atoms with Crippen molar-refractivity contribution in [2.45, 2.75) is 58.8 Å². The molecule has 0 atom stereocenters. The van der Waals surface area contributed by atoms with Crippen molar-refractivity contribution in [1.82, 2.24) is 9.97 Å². The minimum atomic E-state index is 0.146. The van der Waals surface area contributed by atoms with Crippen molar-refractivity contribution in [3.8, 4) is 9.75 Å². The summed E-state index contributed by atoms with van der Waals surface area (Å²) >= 11 is 3.71. The summed E-state index contributed by atoms with van der Waals surface area (Å²) in [5.41, 5.74) is 2.77. The fraction of sp³-hybridized carbons (Fsp3) is 0.600. The molecule has 102 valence electrons. The van der Waals surface area contributed by atoms with Crippen molar-refractivity contribution in [1.29, 1.82) is 0 Å². The fourth-order valence-corrected chi connectivity index (χ4v) is 4.55. The third-order valence-corrected chi connectivity index (χ3v) is 6.43. The van der Waals surface area contributed by atoms with Crippen molar-refractivity contribution >= 4 is 22.7 Å². The van der Waals surface area contributed by atoms with Crippen molar-refractivity contribution in [2.75, 3.05) is 0 Å². The molecule has 4 heteroatoms. The number of hydrogen-bond acceptors (Lipinski definition) is 4. The highest BCUT2D eigenvalue weighted by atomic mass is 32.1. The Morgan fingerprint density at radius 3 is 1.42 bits per heavy atom. The first kappa shape index (κ1) is 13.3. The van der Waals surface area contributed by atoms with E-state index in [2.05, 4.69) is 41.5 Å². The number of aromatic nitrogens is 2. The van der Waals surface area contributed by atoms with Crippen LogP contribution < -0.4 is 0 Å². The van der Waals surface area contributed by atoms with Crippen LogP contribution in [0, 0.1) is 0 Å². The summed E-state index contributed by atoms with van der Waals surface area (Å²) in [5, 5.41) is 2.49. The van der Waals surface area contributed by atoms with Crippen LogP contribution in [-0.2, 0) is 17.3 Å². The molecule has 2 aromatic heterocycles. The normalized spacial score (nSPS) is 14.6. The number of thiazole rings is 2. The van der Waals surface area contributed by atoms with Crippen LogP contribution in [0.25, 0.3) is 9.75 Å². The average Bonchev–Trinajstić information content (AvgIpc) is 2.81. The van der Waals surface area contributed by atoms with E-state index >= 15 is 0 Å². The summed E-state index contributed by atoms with van der Waals surface area (Å²) in [6.07, 6.45) is 0.920. The molecule has 2 heterocycles. The van der Waals surface area contributed by atoms with Gasteiger partial charge in [-0.25, -0.2) is 9.97 Å². The molecule has 2 aromatic rings. The Morgan fingerprint density at radius 2 is 1.11 bits per heavy atom. The molecule has 0 fully saturated rings. The molecular formula is C15H20N2S2. The van der Waals surface area contributed by atoms with E-state index in [9.17, 15) is 0 Å². The number of hydrogen-bond donors (Lipinski definition) is 0. The Balaban J connectivity index is 2.07. The van der Waals surface area contributed by atoms with E-state index in [4.69, 9.17) is 9.97 Å². The molecule has 0 saturated heterocycles. The van der Waals surface area contributed by atoms with E-state index in [0.717, 1.165) is 6.42 Å². The van der Waals surface area contributed by atoms with Gasteiger partial charge in [0.15, 0.2) is 0 Å². The van der Waals surface area contributed by atoms with Crippen LogP contribution >= 0.6 is 22.7 Å². The molecule has 0 aliphatic heterocycles. The lowest BCUT2D eigenvalue weighted by Gasteiger charge is -2.13. The maximum atomic E-state index is 4.83. The first-order valence-electron chi connectivity index (χ1n) is 6.67. The molecule has 1 aliphatic carbocycles. The fourth-order valence-electron chi connectivity index (χ4n) is 2.10. The van der Waals surface area contributed by atoms with Crippen molar-refractivity contribution in [3.63, 3.8) is 0 Å². The van der Waals surface area contributed by atoms with E-state index in [-0.39, 0.29) is 10.8 Å². The predicted molar refractivity (Wildman–Crippen MR) is 83.4 cm³/mol. The van der Waals surface area contributed by atoms with E-state index in [1.807, 2.05) is 22.7 Å². The lowest BCUT2D eigenvalue weighted by Crippen LogP contribution is -2.11. The second-order valence-corrected chi connectivity index (χ2v) is 9.26. The van der Waals surface area contributed by atoms with Gasteiger partial charge in [0.2, 0.25) is 0 Å². The first-order valence-corrected chi connectivity index (χ1v) is 8.30. The Bertz CT molecular complexity index is 580. The van der Waals surface area contributed by atoms with Gasteiger partial charge in [0, 0.05) is 17.3 Å². The Kier molecular flexibility index (Phi) is 2.71. The highest BCUT2D eigenvalue weighted by Gasteiger charge is 2.32. The van der Waals surface area contributed by atoms with Gasteiger partial charge in [0.25, 0.3) is 0 Å². The van der Waals surface area contributed by atoms with Crippen LogP contribution in [0.3, 0.4) is 0 Å². The molecule has 3 rings (SSSR count). The summed E-state index contributed by atoms with van der Waals surface area (Å²) in [5.74, 6) is 0. The van der Waals surface area contributed by atoms with Crippen LogP contribution in [0.5, 0.6) is 0 Å². The van der Waals surface area contributed by atoms with Gasteiger partial charge in [0.05, 0.1) is 31.2 Å². The zero-order valence-electron chi connectivity index (χ0n) is 12.4. The van der Waals surface area contributed by atoms with Crippen molar-refractivity contribution in [2.24, 2.45) is 0 Å². The minimum absolute atomic E-state index is 0.146. The number of rotatable bonds is 0. The standard InChI is InChI=1S/C15H20N2S2/c1-14(2,3)12-16-8-7-9-11(10(8)18-12)19-13(17-9)15(4,5)6/h7H2,1-6H3. The second kappa shape index (κ2) is 3.89. The summed E-state index contributed by atoms with van der Waals surface area (Å²) in [4.78, 5) is 12.4. The second-order valence-electron chi connectivity index (χ2n) is 7.27. The molecule has 0 unspecified atom stereocenters. The summed E-state index contributed by atoms with van der Waals surface area (Å²) in [6, 6.07) is 0. The lowest BCUT2D eigenvalue weighted by molar-refractivity contribution is 0.581. The first-order chi connectivity index (χ1) is 8.66. The monoisotopic (exact) mass is 292 g/mol. The Labute approximate surface area is 122 Å². The molecule has 0 amide bonds. The topological polar surface area (TPSA) is 25.8 Å². The maximum Gasteiger partial charge on any atom is 0.0988 e. The zero-order chi connectivity index (χ0) is 14.0. The van der Waals surface area contributed by atoms with Gasteiger partial charge in [-0.3, -0.25) is 0 Å². The highest BCUT2D eigenvalue weighted by Crippen LogP contribution is 2.47. The van der Waals surface area contributed by atoms with Gasteiger partial charge in [-0.15, -0.1) is 22.7 Å². The molecule has 19 heavy (non-hydrogen) atoms. The number of fused-ring (bicyclic) bond motifs is 3. The van der Waals surface area contributed by atoms with Gasteiger partial charge in [0.1, 0.15) is 0 Å². The van der Waals surface area contributed by atoms with Gasteiger partial charge in [-0.05, 0) is 0 Å². The van der Waals surface area contributed by atoms with E-state index < -0.39 is 0 Å². The Morgan fingerprint density at radius 1 is 0.737 bits per heavy atom. The largest absolute Gasteiger partial charge is 0.245 e. The molecule has 0 N–H and O–H groups in total. The van der Waals surface area contributed by atoms with Crippen LogP contribution in [-0.4, -0.2) is 9.97 Å². The number of nitrogens with zero attached hydrogens (tertiary/aromatic N) is 2. The van der Waals surface area contributed by atoms with Gasteiger partial charge >= 0.3 is 0 Å². The molecule has 0 radical (unpaired) electrons. The van der Waals surface area contributed by atoms with Crippen LogP contribution in [0.2, 0.25) is 0 Å². The molecule has 0 aromatic carbocycles. The van der Waals surface area contributed by atoms with E-state index in [1.54, 1.807) is 0 Å². The highest BCUT2D eigenvalue weighted by molar-refractivity contribution is 7.22. The Hall–Kier alpha value is -0.740. The van der Waals surface area contributed by atoms with Crippen molar-refractivity contribution in [3.05, 3.63) is 21.4 Å². The summed E-state index contributed by atoms with van der Waals surface area (Å²) in [7, 11) is 0. The minimum Gasteiger partial charge on any atom is -0.245 e. The van der Waals surface area contributed by atoms with Gasteiger partial charge in [-0.2, -0.15) is 0 Å². The summed E-state index contributed by atoms with van der Waals surface area (Å²) in [6.45, 7) is 13.4. The molecule has 2 nitrogen and oxygen atoms in total. The molecule has 0 bridgehead atoms. The van der Waals surface area contributed by atoms with Crippen LogP contribution in [0.15, 0.2) is 0 Å². The molecule has 0 spiro atoms. The van der Waals surface area contributed by atoms with Gasteiger partial charge in [-0.1, -0.05) is 41.5 Å². The smallest absolute Gasteiger partial charge is 0.0988 e. The SMILES string of the molecule is CC(C)(C)c1nc2c(s1)-c1sc(C(C)(C)C)nc1C2. The van der Waals surface area contributed by atoms with Crippen molar-refractivity contribution < 1.29 is 0 Å². The quantitative estimate of drug-likeness (QED) is 0.596.